The average molecular weight is 494 g/mol. The summed E-state index contributed by atoms with van der Waals surface area (Å²) in [5.41, 5.74) is 2.32. The second kappa shape index (κ2) is 10.6. The van der Waals surface area contributed by atoms with E-state index in [4.69, 9.17) is 9.68 Å². The van der Waals surface area contributed by atoms with Crippen LogP contribution in [0.15, 0.2) is 57.8 Å². The van der Waals surface area contributed by atoms with E-state index in [0.717, 1.165) is 41.6 Å². The number of hydrogen-bond acceptors (Lipinski definition) is 5. The molecule has 0 aliphatic carbocycles. The van der Waals surface area contributed by atoms with E-state index in [2.05, 4.69) is 6.92 Å². The normalized spacial score (nSPS) is 15.2. The van der Waals surface area contributed by atoms with Gasteiger partial charge in [0.05, 0.1) is 16.5 Å². The number of amides is 1. The standard InChI is InChI=1S/C27H31N3O4S/c1-3-4-8-26-24(23-7-5-6-9-25(23)34-26)19-29(2)27(31)21-14-16-30(17-15-21)35(32,33)22-12-10-20(18-28)11-13-22/h5-7,9-13,21H,3-4,8,14-17,19H2,1-2H3. The first kappa shape index (κ1) is 25.0. The lowest BCUT2D eigenvalue weighted by Gasteiger charge is -2.32. The first-order chi connectivity index (χ1) is 16.8. The third-order valence-electron chi connectivity index (χ3n) is 6.74. The topological polar surface area (TPSA) is 94.6 Å². The van der Waals surface area contributed by atoms with Gasteiger partial charge in [-0.05, 0) is 49.6 Å². The van der Waals surface area contributed by atoms with Gasteiger partial charge in [0.15, 0.2) is 0 Å². The second-order valence-electron chi connectivity index (χ2n) is 9.11. The van der Waals surface area contributed by atoms with Crippen LogP contribution in [-0.4, -0.2) is 43.7 Å². The minimum Gasteiger partial charge on any atom is -0.461 e. The summed E-state index contributed by atoms with van der Waals surface area (Å²) in [5, 5.41) is 9.98. The number of para-hydroxylation sites is 1. The largest absolute Gasteiger partial charge is 0.461 e. The van der Waals surface area contributed by atoms with E-state index >= 15 is 0 Å². The van der Waals surface area contributed by atoms with Crippen LogP contribution in [0.1, 0.15) is 49.5 Å². The number of piperidine rings is 1. The van der Waals surface area contributed by atoms with E-state index in [1.807, 2.05) is 37.4 Å². The molecule has 8 heteroatoms. The molecule has 0 saturated carbocycles. The minimum absolute atomic E-state index is 0.0344. The summed E-state index contributed by atoms with van der Waals surface area (Å²) in [6.07, 6.45) is 3.89. The number of aryl methyl sites for hydroxylation is 1. The Labute approximate surface area is 207 Å². The third-order valence-corrected chi connectivity index (χ3v) is 8.65. The number of unbranched alkanes of at least 4 members (excludes halogenated alkanes) is 1. The molecule has 2 aromatic carbocycles. The molecule has 1 saturated heterocycles. The smallest absolute Gasteiger partial charge is 0.243 e. The summed E-state index contributed by atoms with van der Waals surface area (Å²) >= 11 is 0. The van der Waals surface area contributed by atoms with Gasteiger partial charge in [0.2, 0.25) is 15.9 Å². The van der Waals surface area contributed by atoms with Crippen molar-refractivity contribution in [3.05, 3.63) is 65.4 Å². The highest BCUT2D eigenvalue weighted by molar-refractivity contribution is 7.89. The van der Waals surface area contributed by atoms with Crippen molar-refractivity contribution >= 4 is 26.9 Å². The van der Waals surface area contributed by atoms with Crippen LogP contribution in [0.4, 0.5) is 0 Å². The van der Waals surface area contributed by atoms with Crippen molar-refractivity contribution in [1.82, 2.24) is 9.21 Å². The molecule has 3 aromatic rings. The Balaban J connectivity index is 1.42. The Morgan fingerprint density at radius 1 is 1.14 bits per heavy atom. The Morgan fingerprint density at radius 3 is 2.49 bits per heavy atom. The maximum atomic E-state index is 13.3. The molecule has 35 heavy (non-hydrogen) atoms. The first-order valence-electron chi connectivity index (χ1n) is 12.1. The van der Waals surface area contributed by atoms with E-state index in [-0.39, 0.29) is 16.7 Å². The zero-order valence-electron chi connectivity index (χ0n) is 20.2. The van der Waals surface area contributed by atoms with Crippen LogP contribution < -0.4 is 0 Å². The summed E-state index contributed by atoms with van der Waals surface area (Å²) in [6, 6.07) is 15.9. The van der Waals surface area contributed by atoms with E-state index in [9.17, 15) is 13.2 Å². The monoisotopic (exact) mass is 493 g/mol. The fourth-order valence-corrected chi connectivity index (χ4v) is 6.15. The van der Waals surface area contributed by atoms with Crippen molar-refractivity contribution in [3.8, 4) is 6.07 Å². The van der Waals surface area contributed by atoms with Crippen molar-refractivity contribution in [2.24, 2.45) is 5.92 Å². The lowest BCUT2D eigenvalue weighted by molar-refractivity contribution is -0.135. The van der Waals surface area contributed by atoms with E-state index in [1.54, 1.807) is 4.90 Å². The van der Waals surface area contributed by atoms with E-state index in [1.165, 1.54) is 28.6 Å². The molecular weight excluding hydrogens is 462 g/mol. The van der Waals surface area contributed by atoms with Crippen molar-refractivity contribution in [2.45, 2.75) is 50.5 Å². The summed E-state index contributed by atoms with van der Waals surface area (Å²) < 4.78 is 33.5. The third kappa shape index (κ3) is 5.26. The predicted molar refractivity (Wildman–Crippen MR) is 134 cm³/mol. The van der Waals surface area contributed by atoms with E-state index in [0.29, 0.717) is 38.0 Å². The van der Waals surface area contributed by atoms with Gasteiger partial charge in [-0.3, -0.25) is 4.79 Å². The molecule has 0 unspecified atom stereocenters. The number of fused-ring (bicyclic) bond motifs is 1. The molecule has 0 N–H and O–H groups in total. The number of benzene rings is 2. The number of hydrogen-bond donors (Lipinski definition) is 0. The van der Waals surface area contributed by atoms with Gasteiger partial charge in [-0.15, -0.1) is 0 Å². The van der Waals surface area contributed by atoms with Crippen molar-refractivity contribution in [3.63, 3.8) is 0 Å². The lowest BCUT2D eigenvalue weighted by Crippen LogP contribution is -2.43. The Bertz CT molecular complexity index is 1330. The number of rotatable bonds is 8. The Morgan fingerprint density at radius 2 is 1.83 bits per heavy atom. The molecule has 1 aliphatic heterocycles. The molecular formula is C27H31N3O4S. The van der Waals surface area contributed by atoms with Crippen LogP contribution in [0.2, 0.25) is 0 Å². The van der Waals surface area contributed by atoms with Crippen molar-refractivity contribution in [2.75, 3.05) is 20.1 Å². The van der Waals surface area contributed by atoms with Crippen LogP contribution in [0.25, 0.3) is 11.0 Å². The van der Waals surface area contributed by atoms with Gasteiger partial charge in [0.1, 0.15) is 11.3 Å². The second-order valence-corrected chi connectivity index (χ2v) is 11.1. The van der Waals surface area contributed by atoms with Crippen LogP contribution >= 0.6 is 0 Å². The van der Waals surface area contributed by atoms with Gasteiger partial charge in [-0.1, -0.05) is 31.5 Å². The molecule has 0 bridgehead atoms. The van der Waals surface area contributed by atoms with Gasteiger partial charge in [-0.25, -0.2) is 8.42 Å². The SMILES string of the molecule is CCCCc1oc2ccccc2c1CN(C)C(=O)C1CCN(S(=O)(=O)c2ccc(C#N)cc2)CC1. The molecule has 1 amide bonds. The molecule has 1 fully saturated rings. The number of nitriles is 1. The Kier molecular flexibility index (Phi) is 7.58. The summed E-state index contributed by atoms with van der Waals surface area (Å²) in [5.74, 6) is 0.757. The molecule has 4 rings (SSSR count). The first-order valence-corrected chi connectivity index (χ1v) is 13.5. The molecule has 1 aromatic heterocycles. The predicted octanol–water partition coefficient (Wildman–Crippen LogP) is 4.71. The molecule has 184 valence electrons. The zero-order chi connectivity index (χ0) is 25.0. The maximum Gasteiger partial charge on any atom is 0.243 e. The molecule has 2 heterocycles. The van der Waals surface area contributed by atoms with Crippen LogP contribution in [0.5, 0.6) is 0 Å². The molecule has 1 aliphatic rings. The highest BCUT2D eigenvalue weighted by atomic mass is 32.2. The van der Waals surface area contributed by atoms with Gasteiger partial charge >= 0.3 is 0 Å². The van der Waals surface area contributed by atoms with Crippen LogP contribution in [-0.2, 0) is 27.8 Å². The van der Waals surface area contributed by atoms with Crippen LogP contribution in [0, 0.1) is 17.2 Å². The van der Waals surface area contributed by atoms with Crippen molar-refractivity contribution < 1.29 is 17.6 Å². The van der Waals surface area contributed by atoms with Gasteiger partial charge in [0, 0.05) is 50.0 Å². The fourth-order valence-electron chi connectivity index (χ4n) is 4.68. The number of nitrogens with zero attached hydrogens (tertiary/aromatic N) is 3. The highest BCUT2D eigenvalue weighted by Gasteiger charge is 2.33. The number of sulfonamides is 1. The zero-order valence-corrected chi connectivity index (χ0v) is 21.1. The molecule has 0 spiro atoms. The summed E-state index contributed by atoms with van der Waals surface area (Å²) in [7, 11) is -1.84. The molecule has 0 atom stereocenters. The van der Waals surface area contributed by atoms with Gasteiger partial charge < -0.3 is 9.32 Å². The number of carbonyl (C=O) groups excluding carboxylic acids is 1. The van der Waals surface area contributed by atoms with Gasteiger partial charge in [-0.2, -0.15) is 9.57 Å². The Hall–Kier alpha value is -3.15. The summed E-state index contributed by atoms with van der Waals surface area (Å²) in [4.78, 5) is 15.2. The highest BCUT2D eigenvalue weighted by Crippen LogP contribution is 2.30. The molecule has 7 nitrogen and oxygen atoms in total. The number of furan rings is 1. The molecule has 0 radical (unpaired) electrons. The van der Waals surface area contributed by atoms with Crippen LogP contribution in [0.3, 0.4) is 0 Å². The van der Waals surface area contributed by atoms with Crippen molar-refractivity contribution in [1.29, 1.82) is 5.26 Å². The maximum absolute atomic E-state index is 13.3. The quantitative estimate of drug-likeness (QED) is 0.453. The number of carbonyl (C=O) groups is 1. The minimum atomic E-state index is -3.65. The van der Waals surface area contributed by atoms with E-state index < -0.39 is 10.0 Å². The fraction of sp³-hybridized carbons (Fsp3) is 0.407. The summed E-state index contributed by atoms with van der Waals surface area (Å²) in [6.45, 7) is 3.20. The average Bonchev–Trinajstić information content (AvgIpc) is 3.24. The lowest BCUT2D eigenvalue weighted by atomic mass is 9.96. The van der Waals surface area contributed by atoms with Gasteiger partial charge in [0.25, 0.3) is 0 Å².